The number of benzene rings is 1. The molecule has 1 amide bonds. The number of aliphatic imine (C=N–C) groups is 1. The molecule has 0 aliphatic carbocycles. The number of ether oxygens (including phenoxy) is 1. The molecular formula is C23H34IN5O3. The predicted molar refractivity (Wildman–Crippen MR) is 138 cm³/mol. The van der Waals surface area contributed by atoms with Crippen molar-refractivity contribution < 1.29 is 13.9 Å². The molecule has 1 aliphatic rings. The van der Waals surface area contributed by atoms with E-state index in [0.29, 0.717) is 24.7 Å². The van der Waals surface area contributed by atoms with Gasteiger partial charge in [-0.15, -0.1) is 24.0 Å². The molecule has 1 aliphatic heterocycles. The van der Waals surface area contributed by atoms with Gasteiger partial charge < -0.3 is 25.1 Å². The van der Waals surface area contributed by atoms with Crippen LogP contribution in [0.2, 0.25) is 0 Å². The summed E-state index contributed by atoms with van der Waals surface area (Å²) in [5.74, 6) is 1.38. The Kier molecular flexibility index (Phi) is 11.0. The Labute approximate surface area is 207 Å². The van der Waals surface area contributed by atoms with Crippen LogP contribution in [-0.4, -0.2) is 62.7 Å². The summed E-state index contributed by atoms with van der Waals surface area (Å²) in [6, 6.07) is 11.0. The molecule has 0 saturated carbocycles. The van der Waals surface area contributed by atoms with E-state index in [-0.39, 0.29) is 41.7 Å². The quantitative estimate of drug-likeness (QED) is 0.264. The number of amides is 1. The number of nitrogens with zero attached hydrogens (tertiary/aromatic N) is 2. The van der Waals surface area contributed by atoms with Crippen LogP contribution in [0.5, 0.6) is 0 Å². The molecule has 2 heterocycles. The van der Waals surface area contributed by atoms with Crippen molar-refractivity contribution in [3.63, 3.8) is 0 Å². The minimum atomic E-state index is -0.272. The highest BCUT2D eigenvalue weighted by atomic mass is 127. The lowest BCUT2D eigenvalue weighted by Crippen LogP contribution is -2.50. The molecule has 2 aromatic rings. The molecule has 0 bridgehead atoms. The molecule has 1 aromatic heterocycles. The monoisotopic (exact) mass is 555 g/mol. The van der Waals surface area contributed by atoms with E-state index in [1.165, 1.54) is 6.26 Å². The van der Waals surface area contributed by atoms with Crippen molar-refractivity contribution in [3.8, 4) is 0 Å². The van der Waals surface area contributed by atoms with Crippen LogP contribution in [0.25, 0.3) is 0 Å². The van der Waals surface area contributed by atoms with Crippen molar-refractivity contribution in [2.45, 2.75) is 26.5 Å². The number of furan rings is 1. The number of halogens is 1. The van der Waals surface area contributed by atoms with E-state index in [0.717, 1.165) is 37.8 Å². The lowest BCUT2D eigenvalue weighted by atomic mass is 10.2. The van der Waals surface area contributed by atoms with Crippen LogP contribution in [0.15, 0.2) is 52.1 Å². The number of morpholine rings is 1. The molecule has 1 saturated heterocycles. The van der Waals surface area contributed by atoms with Crippen molar-refractivity contribution in [1.82, 2.24) is 15.5 Å². The minimum absolute atomic E-state index is 0. The molecule has 0 radical (unpaired) electrons. The Morgan fingerprint density at radius 1 is 1.25 bits per heavy atom. The fourth-order valence-corrected chi connectivity index (χ4v) is 3.56. The third-order valence-electron chi connectivity index (χ3n) is 4.96. The number of rotatable bonds is 8. The normalized spacial score (nSPS) is 17.0. The van der Waals surface area contributed by atoms with Gasteiger partial charge in [0.2, 0.25) is 0 Å². The lowest BCUT2D eigenvalue weighted by Gasteiger charge is -2.34. The van der Waals surface area contributed by atoms with Crippen LogP contribution in [-0.2, 0) is 11.3 Å². The van der Waals surface area contributed by atoms with Crippen LogP contribution in [0.1, 0.15) is 30.0 Å². The summed E-state index contributed by atoms with van der Waals surface area (Å²) in [5, 5.41) is 9.51. The summed E-state index contributed by atoms with van der Waals surface area (Å²) in [6.45, 7) is 9.55. The lowest BCUT2D eigenvalue weighted by molar-refractivity contribution is -0.0284. The fourth-order valence-electron chi connectivity index (χ4n) is 3.56. The third kappa shape index (κ3) is 8.44. The van der Waals surface area contributed by atoms with Crippen LogP contribution in [0.3, 0.4) is 0 Å². The molecule has 3 rings (SSSR count). The molecule has 3 N–H and O–H groups in total. The van der Waals surface area contributed by atoms with Gasteiger partial charge in [-0.3, -0.25) is 14.7 Å². The van der Waals surface area contributed by atoms with Crippen LogP contribution in [0.4, 0.5) is 5.69 Å². The zero-order valence-corrected chi connectivity index (χ0v) is 21.3. The van der Waals surface area contributed by atoms with Gasteiger partial charge in [-0.05, 0) is 35.7 Å². The topological polar surface area (TPSA) is 91.1 Å². The summed E-state index contributed by atoms with van der Waals surface area (Å²) >= 11 is 0. The van der Waals surface area contributed by atoms with Gasteiger partial charge in [0.1, 0.15) is 0 Å². The van der Waals surface area contributed by atoms with Gasteiger partial charge in [0.15, 0.2) is 11.7 Å². The van der Waals surface area contributed by atoms with E-state index in [9.17, 15) is 4.79 Å². The summed E-state index contributed by atoms with van der Waals surface area (Å²) in [6.07, 6.45) is 1.62. The number of carbonyl (C=O) groups excluding carboxylic acids is 1. The molecule has 9 heteroatoms. The van der Waals surface area contributed by atoms with Gasteiger partial charge in [-0.1, -0.05) is 26.0 Å². The standard InChI is InChI=1S/C23H33N5O3.HI/c1-17(2)15-28-9-11-30-20(16-28)14-26-23(24-3)25-13-18-6-4-7-19(12-18)27-22(29)21-8-5-10-31-21;/h4-8,10,12,17,20H,9,11,13-16H2,1-3H3,(H,27,29)(H2,24,25,26);1H. The first-order valence-corrected chi connectivity index (χ1v) is 10.8. The molecular weight excluding hydrogens is 521 g/mol. The first kappa shape index (κ1) is 26.1. The molecule has 176 valence electrons. The SMILES string of the molecule is CN=C(NCc1cccc(NC(=O)c2ccco2)c1)NCC1CN(CC(C)C)CCO1.I. The Hall–Kier alpha value is -2.11. The van der Waals surface area contributed by atoms with E-state index < -0.39 is 0 Å². The number of nitrogens with one attached hydrogen (secondary N) is 3. The number of carbonyl (C=O) groups is 1. The highest BCUT2D eigenvalue weighted by Crippen LogP contribution is 2.13. The van der Waals surface area contributed by atoms with Crippen molar-refractivity contribution in [1.29, 1.82) is 0 Å². The number of hydrogen-bond donors (Lipinski definition) is 3. The highest BCUT2D eigenvalue weighted by Gasteiger charge is 2.21. The molecule has 1 unspecified atom stereocenters. The van der Waals surface area contributed by atoms with Gasteiger partial charge in [-0.2, -0.15) is 0 Å². The maximum absolute atomic E-state index is 12.2. The molecule has 1 aromatic carbocycles. The Morgan fingerprint density at radius 3 is 2.81 bits per heavy atom. The van der Waals surface area contributed by atoms with Gasteiger partial charge in [0.25, 0.3) is 5.91 Å². The second-order valence-corrected chi connectivity index (χ2v) is 8.08. The van der Waals surface area contributed by atoms with E-state index in [1.807, 2.05) is 24.3 Å². The van der Waals surface area contributed by atoms with Crippen LogP contribution in [0, 0.1) is 5.92 Å². The van der Waals surface area contributed by atoms with E-state index in [2.05, 4.69) is 39.7 Å². The van der Waals surface area contributed by atoms with Crippen molar-refractivity contribution >= 4 is 41.5 Å². The number of hydrogen-bond acceptors (Lipinski definition) is 5. The van der Waals surface area contributed by atoms with Crippen molar-refractivity contribution in [2.24, 2.45) is 10.9 Å². The van der Waals surface area contributed by atoms with Crippen molar-refractivity contribution in [3.05, 3.63) is 54.0 Å². The van der Waals surface area contributed by atoms with E-state index >= 15 is 0 Å². The van der Waals surface area contributed by atoms with E-state index in [1.54, 1.807) is 19.2 Å². The molecule has 8 nitrogen and oxygen atoms in total. The first-order chi connectivity index (χ1) is 15.0. The van der Waals surface area contributed by atoms with Gasteiger partial charge >= 0.3 is 0 Å². The van der Waals surface area contributed by atoms with Gasteiger partial charge in [0.05, 0.1) is 19.0 Å². The largest absolute Gasteiger partial charge is 0.459 e. The van der Waals surface area contributed by atoms with E-state index in [4.69, 9.17) is 9.15 Å². The zero-order valence-electron chi connectivity index (χ0n) is 19.0. The number of guanidine groups is 1. The first-order valence-electron chi connectivity index (χ1n) is 10.8. The Bertz CT molecular complexity index is 857. The molecule has 1 fully saturated rings. The average molecular weight is 555 g/mol. The van der Waals surface area contributed by atoms with Crippen LogP contribution < -0.4 is 16.0 Å². The smallest absolute Gasteiger partial charge is 0.291 e. The van der Waals surface area contributed by atoms with Crippen LogP contribution >= 0.6 is 24.0 Å². The molecule has 0 spiro atoms. The Morgan fingerprint density at radius 2 is 2.09 bits per heavy atom. The molecule has 32 heavy (non-hydrogen) atoms. The second kappa shape index (κ2) is 13.4. The summed E-state index contributed by atoms with van der Waals surface area (Å²) < 4.78 is 11.0. The number of anilines is 1. The maximum atomic E-state index is 12.2. The van der Waals surface area contributed by atoms with Gasteiger partial charge in [-0.25, -0.2) is 0 Å². The maximum Gasteiger partial charge on any atom is 0.291 e. The summed E-state index contributed by atoms with van der Waals surface area (Å²) in [5.41, 5.74) is 1.74. The fraction of sp³-hybridized carbons (Fsp3) is 0.478. The summed E-state index contributed by atoms with van der Waals surface area (Å²) in [7, 11) is 1.75. The zero-order chi connectivity index (χ0) is 22.1. The van der Waals surface area contributed by atoms with Crippen molar-refractivity contribution in [2.75, 3.05) is 45.2 Å². The predicted octanol–water partition coefficient (Wildman–Crippen LogP) is 3.17. The molecule has 1 atom stereocenters. The highest BCUT2D eigenvalue weighted by molar-refractivity contribution is 14.0. The second-order valence-electron chi connectivity index (χ2n) is 8.08. The summed E-state index contributed by atoms with van der Waals surface area (Å²) in [4.78, 5) is 18.9. The van der Waals surface area contributed by atoms with Gasteiger partial charge in [0, 0.05) is 45.5 Å². The average Bonchev–Trinajstić information content (AvgIpc) is 3.29. The Balaban J connectivity index is 0.00000363. The minimum Gasteiger partial charge on any atom is -0.459 e. The third-order valence-corrected chi connectivity index (χ3v) is 4.96.